The maximum atomic E-state index is 11.7. The highest BCUT2D eigenvalue weighted by molar-refractivity contribution is 8.14. The third-order valence-electron chi connectivity index (χ3n) is 3.32. The molecule has 0 bridgehead atoms. The number of hydrogen-bond acceptors (Lipinski definition) is 5. The third kappa shape index (κ3) is 4.23. The van der Waals surface area contributed by atoms with Crippen LogP contribution in [0.5, 0.6) is 0 Å². The highest BCUT2D eigenvalue weighted by Crippen LogP contribution is 2.36. The minimum Gasteiger partial charge on any atom is -0.466 e. The number of amides is 1. The molecule has 5 nitrogen and oxygen atoms in total. The van der Waals surface area contributed by atoms with Gasteiger partial charge < -0.3 is 10.1 Å². The summed E-state index contributed by atoms with van der Waals surface area (Å²) in [6.45, 7) is 2.11. The summed E-state index contributed by atoms with van der Waals surface area (Å²) in [5, 5.41) is 4.06. The summed E-state index contributed by atoms with van der Waals surface area (Å²) in [6.07, 6.45) is 5.09. The fraction of sp³-hybridized carbons (Fsp3) is 0.769. The molecule has 6 heteroatoms. The molecule has 2 rings (SSSR count). The van der Waals surface area contributed by atoms with E-state index in [2.05, 4.69) is 10.3 Å². The van der Waals surface area contributed by atoms with Crippen LogP contribution in [0.4, 0.5) is 0 Å². The number of amidine groups is 1. The molecule has 1 amide bonds. The van der Waals surface area contributed by atoms with Crippen LogP contribution >= 0.6 is 11.8 Å². The van der Waals surface area contributed by atoms with E-state index in [1.54, 1.807) is 18.7 Å². The number of thioether (sulfide) groups is 1. The molecule has 1 aliphatic heterocycles. The van der Waals surface area contributed by atoms with Crippen molar-refractivity contribution in [1.29, 1.82) is 0 Å². The first-order valence-electron chi connectivity index (χ1n) is 6.89. The zero-order valence-electron chi connectivity index (χ0n) is 11.2. The van der Waals surface area contributed by atoms with E-state index in [0.717, 1.165) is 11.6 Å². The standard InChI is InChI=1S/C13H20N2O3S/c1-2-18-12(17)8-7-11(16)15-13-14-9-5-3-4-6-10(9)19-13/h9-10H,2-8H2,1H3,(H,14,15,16). The number of ether oxygens (including phenoxy) is 1. The van der Waals surface area contributed by atoms with Gasteiger partial charge >= 0.3 is 5.97 Å². The summed E-state index contributed by atoms with van der Waals surface area (Å²) in [6, 6.07) is 0.374. The molecule has 1 saturated carbocycles. The highest BCUT2D eigenvalue weighted by atomic mass is 32.2. The average Bonchev–Trinajstić information content (AvgIpc) is 2.78. The zero-order chi connectivity index (χ0) is 13.7. The van der Waals surface area contributed by atoms with Gasteiger partial charge in [0.25, 0.3) is 0 Å². The molecule has 0 saturated heterocycles. The van der Waals surface area contributed by atoms with Crippen molar-refractivity contribution in [3.05, 3.63) is 0 Å². The van der Waals surface area contributed by atoms with Gasteiger partial charge in [0.2, 0.25) is 5.91 Å². The lowest BCUT2D eigenvalue weighted by Crippen LogP contribution is -2.28. The lowest BCUT2D eigenvalue weighted by Gasteiger charge is -2.21. The van der Waals surface area contributed by atoms with Crippen LogP contribution in [0.15, 0.2) is 4.99 Å². The van der Waals surface area contributed by atoms with Crippen LogP contribution in [0.1, 0.15) is 45.4 Å². The molecule has 1 N–H and O–H groups in total. The molecule has 0 aromatic rings. The number of aliphatic imine (C=N–C) groups is 1. The molecule has 2 unspecified atom stereocenters. The Kier molecular flexibility index (Phi) is 5.24. The van der Waals surface area contributed by atoms with Crippen LogP contribution in [0.25, 0.3) is 0 Å². The predicted molar refractivity (Wildman–Crippen MR) is 75.1 cm³/mol. The van der Waals surface area contributed by atoms with Crippen molar-refractivity contribution < 1.29 is 14.3 Å². The van der Waals surface area contributed by atoms with Gasteiger partial charge in [-0.3, -0.25) is 14.6 Å². The van der Waals surface area contributed by atoms with Crippen LogP contribution in [0, 0.1) is 0 Å². The van der Waals surface area contributed by atoms with Crippen molar-refractivity contribution in [2.24, 2.45) is 4.99 Å². The third-order valence-corrected chi connectivity index (χ3v) is 4.60. The van der Waals surface area contributed by atoms with Gasteiger partial charge in [0.1, 0.15) is 0 Å². The van der Waals surface area contributed by atoms with Gasteiger partial charge in [-0.1, -0.05) is 24.6 Å². The Balaban J connectivity index is 1.72. The van der Waals surface area contributed by atoms with Gasteiger partial charge in [-0.15, -0.1) is 0 Å². The molecule has 2 atom stereocenters. The summed E-state index contributed by atoms with van der Waals surface area (Å²) in [4.78, 5) is 27.4. The molecular weight excluding hydrogens is 264 g/mol. The highest BCUT2D eigenvalue weighted by Gasteiger charge is 2.32. The first kappa shape index (κ1) is 14.4. The predicted octanol–water partition coefficient (Wildman–Crippen LogP) is 1.86. The van der Waals surface area contributed by atoms with Gasteiger partial charge in [0.05, 0.1) is 19.1 Å². The van der Waals surface area contributed by atoms with E-state index in [1.807, 2.05) is 0 Å². The molecular formula is C13H20N2O3S. The second-order valence-electron chi connectivity index (χ2n) is 4.80. The van der Waals surface area contributed by atoms with Crippen LogP contribution in [-0.4, -0.2) is 34.9 Å². The number of esters is 1. The Hall–Kier alpha value is -1.04. The van der Waals surface area contributed by atoms with Gasteiger partial charge in [-0.2, -0.15) is 0 Å². The zero-order valence-corrected chi connectivity index (χ0v) is 12.0. The van der Waals surface area contributed by atoms with Crippen LogP contribution in [0.2, 0.25) is 0 Å². The lowest BCUT2D eigenvalue weighted by molar-refractivity contribution is -0.144. The van der Waals surface area contributed by atoms with Crippen molar-refractivity contribution in [2.45, 2.75) is 56.7 Å². The number of nitrogens with zero attached hydrogens (tertiary/aromatic N) is 1. The summed E-state index contributed by atoms with van der Waals surface area (Å²) in [5.74, 6) is -0.481. The second kappa shape index (κ2) is 6.93. The van der Waals surface area contributed by atoms with Crippen LogP contribution in [0.3, 0.4) is 0 Å². The smallest absolute Gasteiger partial charge is 0.306 e. The van der Waals surface area contributed by atoms with Gasteiger partial charge in [0, 0.05) is 11.7 Å². The molecule has 0 aromatic heterocycles. The molecule has 0 aromatic carbocycles. The minimum atomic E-state index is -0.327. The maximum absolute atomic E-state index is 11.7. The largest absolute Gasteiger partial charge is 0.466 e. The summed E-state index contributed by atoms with van der Waals surface area (Å²) in [7, 11) is 0. The van der Waals surface area contributed by atoms with Crippen molar-refractivity contribution >= 4 is 28.8 Å². The van der Waals surface area contributed by atoms with E-state index in [-0.39, 0.29) is 24.7 Å². The lowest BCUT2D eigenvalue weighted by atomic mass is 9.96. The maximum Gasteiger partial charge on any atom is 0.306 e. The Morgan fingerprint density at radius 3 is 2.89 bits per heavy atom. The average molecular weight is 284 g/mol. The van der Waals surface area contributed by atoms with Gasteiger partial charge in [-0.05, 0) is 19.8 Å². The first-order chi connectivity index (χ1) is 9.19. The van der Waals surface area contributed by atoms with Gasteiger partial charge in [0.15, 0.2) is 5.17 Å². The first-order valence-corrected chi connectivity index (χ1v) is 7.77. The minimum absolute atomic E-state index is 0.129. The van der Waals surface area contributed by atoms with Crippen molar-refractivity contribution in [2.75, 3.05) is 6.61 Å². The number of carbonyl (C=O) groups is 2. The Morgan fingerprint density at radius 2 is 2.16 bits per heavy atom. The molecule has 0 radical (unpaired) electrons. The van der Waals surface area contributed by atoms with Crippen molar-refractivity contribution in [1.82, 2.24) is 5.32 Å². The fourth-order valence-electron chi connectivity index (χ4n) is 2.38. The second-order valence-corrected chi connectivity index (χ2v) is 6.02. The topological polar surface area (TPSA) is 67.8 Å². The molecule has 1 heterocycles. The number of fused-ring (bicyclic) bond motifs is 1. The molecule has 106 valence electrons. The Labute approximate surface area is 117 Å². The van der Waals surface area contributed by atoms with E-state index in [1.165, 1.54) is 19.3 Å². The number of nitrogens with one attached hydrogen (secondary N) is 1. The van der Waals surface area contributed by atoms with Gasteiger partial charge in [-0.25, -0.2) is 0 Å². The molecule has 0 spiro atoms. The summed E-state index contributed by atoms with van der Waals surface area (Å²) >= 11 is 1.67. The summed E-state index contributed by atoms with van der Waals surface area (Å²) in [5.41, 5.74) is 0. The van der Waals surface area contributed by atoms with E-state index in [0.29, 0.717) is 17.9 Å². The van der Waals surface area contributed by atoms with E-state index in [9.17, 15) is 9.59 Å². The molecule has 1 fully saturated rings. The number of hydrogen-bond donors (Lipinski definition) is 1. The molecule has 19 heavy (non-hydrogen) atoms. The van der Waals surface area contributed by atoms with Crippen LogP contribution in [-0.2, 0) is 14.3 Å². The van der Waals surface area contributed by atoms with E-state index >= 15 is 0 Å². The van der Waals surface area contributed by atoms with E-state index in [4.69, 9.17) is 4.74 Å². The molecule has 1 aliphatic carbocycles. The molecule has 2 aliphatic rings. The Morgan fingerprint density at radius 1 is 1.37 bits per heavy atom. The number of rotatable bonds is 4. The quantitative estimate of drug-likeness (QED) is 0.800. The summed E-state index contributed by atoms with van der Waals surface area (Å²) < 4.78 is 4.79. The monoisotopic (exact) mass is 284 g/mol. The van der Waals surface area contributed by atoms with Crippen LogP contribution < -0.4 is 5.32 Å². The Bertz CT molecular complexity index is 384. The normalized spacial score (nSPS) is 25.4. The number of carbonyl (C=O) groups excluding carboxylic acids is 2. The fourth-order valence-corrected chi connectivity index (χ4v) is 3.67. The van der Waals surface area contributed by atoms with Crippen molar-refractivity contribution in [3.8, 4) is 0 Å². The van der Waals surface area contributed by atoms with Crippen molar-refractivity contribution in [3.63, 3.8) is 0 Å². The SMILES string of the molecule is CCOC(=O)CCC(=O)NC1=NC2CCCCC2S1. The van der Waals surface area contributed by atoms with E-state index < -0.39 is 0 Å².